The molecule has 0 aliphatic rings. The van der Waals surface area contributed by atoms with Gasteiger partial charge >= 0.3 is 5.97 Å². The SMILES string of the molecule is COc1ccccc1NC(=O)[C@@H](C)OC(=O)c1cc(Br)ccc1N. The number of nitrogen functional groups attached to an aromatic ring is 1. The second-order valence-corrected chi connectivity index (χ2v) is 5.88. The van der Waals surface area contributed by atoms with E-state index in [9.17, 15) is 9.59 Å². The molecule has 0 aromatic heterocycles. The number of esters is 1. The Morgan fingerprint density at radius 1 is 1.21 bits per heavy atom. The van der Waals surface area contributed by atoms with E-state index in [1.807, 2.05) is 0 Å². The zero-order valence-corrected chi connectivity index (χ0v) is 14.8. The summed E-state index contributed by atoms with van der Waals surface area (Å²) < 4.78 is 11.0. The van der Waals surface area contributed by atoms with Gasteiger partial charge in [-0.1, -0.05) is 28.1 Å². The van der Waals surface area contributed by atoms with Gasteiger partial charge in [-0.2, -0.15) is 0 Å². The maximum Gasteiger partial charge on any atom is 0.341 e. The van der Waals surface area contributed by atoms with Crippen LogP contribution < -0.4 is 15.8 Å². The summed E-state index contributed by atoms with van der Waals surface area (Å²) in [5.41, 5.74) is 6.73. The van der Waals surface area contributed by atoms with E-state index >= 15 is 0 Å². The van der Waals surface area contributed by atoms with Crippen molar-refractivity contribution in [3.05, 3.63) is 52.5 Å². The van der Waals surface area contributed by atoms with Crippen molar-refractivity contribution < 1.29 is 19.1 Å². The van der Waals surface area contributed by atoms with Gasteiger partial charge in [-0.05, 0) is 37.3 Å². The van der Waals surface area contributed by atoms with Crippen LogP contribution in [0.15, 0.2) is 46.9 Å². The molecule has 126 valence electrons. The number of amides is 1. The first-order valence-corrected chi connectivity index (χ1v) is 7.91. The fraction of sp³-hybridized carbons (Fsp3) is 0.176. The fourth-order valence-corrected chi connectivity index (χ4v) is 2.33. The third-order valence-corrected chi connectivity index (χ3v) is 3.75. The molecule has 1 atom stereocenters. The van der Waals surface area contributed by atoms with Gasteiger partial charge in [0.1, 0.15) is 5.75 Å². The Balaban J connectivity index is 2.06. The Bertz CT molecular complexity index is 764. The number of benzene rings is 2. The van der Waals surface area contributed by atoms with E-state index in [1.54, 1.807) is 42.5 Å². The highest BCUT2D eigenvalue weighted by Gasteiger charge is 2.21. The van der Waals surface area contributed by atoms with Gasteiger partial charge in [0.05, 0.1) is 18.4 Å². The molecule has 0 aliphatic carbocycles. The van der Waals surface area contributed by atoms with E-state index in [0.717, 1.165) is 0 Å². The molecule has 0 aliphatic heterocycles. The molecule has 0 spiro atoms. The number of methoxy groups -OCH3 is 1. The van der Waals surface area contributed by atoms with Crippen molar-refractivity contribution in [2.75, 3.05) is 18.2 Å². The Morgan fingerprint density at radius 2 is 1.92 bits per heavy atom. The van der Waals surface area contributed by atoms with Crippen molar-refractivity contribution in [3.63, 3.8) is 0 Å². The van der Waals surface area contributed by atoms with Gasteiger partial charge in [-0.3, -0.25) is 4.79 Å². The van der Waals surface area contributed by atoms with E-state index in [4.69, 9.17) is 15.2 Å². The molecule has 2 aromatic rings. The number of rotatable bonds is 5. The van der Waals surface area contributed by atoms with Gasteiger partial charge in [-0.15, -0.1) is 0 Å². The molecule has 0 heterocycles. The van der Waals surface area contributed by atoms with Gasteiger partial charge < -0.3 is 20.5 Å². The smallest absolute Gasteiger partial charge is 0.341 e. The number of ether oxygens (including phenoxy) is 2. The molecule has 24 heavy (non-hydrogen) atoms. The van der Waals surface area contributed by atoms with Gasteiger partial charge in [0.2, 0.25) is 0 Å². The van der Waals surface area contributed by atoms with Gasteiger partial charge in [0.25, 0.3) is 5.91 Å². The van der Waals surface area contributed by atoms with Crippen LogP contribution in [0.4, 0.5) is 11.4 Å². The number of halogens is 1. The third kappa shape index (κ3) is 4.26. The fourth-order valence-electron chi connectivity index (χ4n) is 1.97. The molecule has 0 saturated carbocycles. The molecular formula is C17H17BrN2O4. The molecule has 6 nitrogen and oxygen atoms in total. The average molecular weight is 393 g/mol. The highest BCUT2D eigenvalue weighted by atomic mass is 79.9. The van der Waals surface area contributed by atoms with Crippen LogP contribution in [0.1, 0.15) is 17.3 Å². The number of hydrogen-bond donors (Lipinski definition) is 2. The second kappa shape index (κ2) is 7.83. The van der Waals surface area contributed by atoms with Crippen LogP contribution >= 0.6 is 15.9 Å². The minimum Gasteiger partial charge on any atom is -0.495 e. The first kappa shape index (κ1) is 17.8. The highest BCUT2D eigenvalue weighted by molar-refractivity contribution is 9.10. The van der Waals surface area contributed by atoms with E-state index in [-0.39, 0.29) is 11.3 Å². The first-order valence-electron chi connectivity index (χ1n) is 7.12. The van der Waals surface area contributed by atoms with Gasteiger partial charge in [0, 0.05) is 10.2 Å². The average Bonchev–Trinajstić information content (AvgIpc) is 2.57. The molecule has 3 N–H and O–H groups in total. The largest absolute Gasteiger partial charge is 0.495 e. The number of hydrogen-bond acceptors (Lipinski definition) is 5. The normalized spacial score (nSPS) is 11.5. The lowest BCUT2D eigenvalue weighted by atomic mass is 10.2. The summed E-state index contributed by atoms with van der Waals surface area (Å²) in [5, 5.41) is 2.66. The lowest BCUT2D eigenvalue weighted by molar-refractivity contribution is -0.123. The van der Waals surface area contributed by atoms with E-state index < -0.39 is 18.0 Å². The second-order valence-electron chi connectivity index (χ2n) is 4.97. The molecule has 2 rings (SSSR count). The Labute approximate surface area is 148 Å². The lowest BCUT2D eigenvalue weighted by Gasteiger charge is -2.15. The number of nitrogens with two attached hydrogens (primary N) is 1. The summed E-state index contributed by atoms with van der Waals surface area (Å²) in [5.74, 6) is -0.626. The summed E-state index contributed by atoms with van der Waals surface area (Å²) in [6.07, 6.45) is -0.999. The maximum absolute atomic E-state index is 12.2. The predicted molar refractivity (Wildman–Crippen MR) is 95.1 cm³/mol. The molecule has 0 unspecified atom stereocenters. The number of para-hydroxylation sites is 2. The van der Waals surface area contributed by atoms with E-state index in [1.165, 1.54) is 14.0 Å². The third-order valence-electron chi connectivity index (χ3n) is 3.25. The van der Waals surface area contributed by atoms with Crippen molar-refractivity contribution >= 4 is 39.2 Å². The summed E-state index contributed by atoms with van der Waals surface area (Å²) >= 11 is 3.26. The van der Waals surface area contributed by atoms with Gasteiger partial charge in [0.15, 0.2) is 6.10 Å². The van der Waals surface area contributed by atoms with Crippen LogP contribution in [0.2, 0.25) is 0 Å². The van der Waals surface area contributed by atoms with Crippen molar-refractivity contribution in [2.45, 2.75) is 13.0 Å². The molecule has 2 aromatic carbocycles. The maximum atomic E-state index is 12.2. The van der Waals surface area contributed by atoms with Crippen LogP contribution in [0.3, 0.4) is 0 Å². The minimum absolute atomic E-state index is 0.196. The van der Waals surface area contributed by atoms with Crippen molar-refractivity contribution in [1.29, 1.82) is 0 Å². The van der Waals surface area contributed by atoms with Gasteiger partial charge in [-0.25, -0.2) is 4.79 Å². The number of anilines is 2. The summed E-state index contributed by atoms with van der Waals surface area (Å²) in [6.45, 7) is 1.48. The molecule has 0 radical (unpaired) electrons. The first-order chi connectivity index (χ1) is 11.4. The van der Waals surface area contributed by atoms with Crippen LogP contribution in [-0.2, 0) is 9.53 Å². The quantitative estimate of drug-likeness (QED) is 0.601. The molecule has 0 fully saturated rings. The van der Waals surface area contributed by atoms with Crippen molar-refractivity contribution in [2.24, 2.45) is 0 Å². The monoisotopic (exact) mass is 392 g/mol. The summed E-state index contributed by atoms with van der Waals surface area (Å²) in [6, 6.07) is 11.8. The molecular weight excluding hydrogens is 376 g/mol. The van der Waals surface area contributed by atoms with Crippen LogP contribution in [0, 0.1) is 0 Å². The summed E-state index contributed by atoms with van der Waals surface area (Å²) in [4.78, 5) is 24.4. The predicted octanol–water partition coefficient (Wildman–Crippen LogP) is 3.22. The Morgan fingerprint density at radius 3 is 2.62 bits per heavy atom. The van der Waals surface area contributed by atoms with Crippen molar-refractivity contribution in [3.8, 4) is 5.75 Å². The number of carbonyl (C=O) groups is 2. The topological polar surface area (TPSA) is 90.6 Å². The molecule has 0 saturated heterocycles. The Kier molecular flexibility index (Phi) is 5.81. The van der Waals surface area contributed by atoms with E-state index in [2.05, 4.69) is 21.2 Å². The molecule has 0 bridgehead atoms. The summed E-state index contributed by atoms with van der Waals surface area (Å²) in [7, 11) is 1.50. The zero-order valence-electron chi connectivity index (χ0n) is 13.2. The molecule has 1 amide bonds. The molecule has 7 heteroatoms. The van der Waals surface area contributed by atoms with E-state index in [0.29, 0.717) is 15.9 Å². The van der Waals surface area contributed by atoms with Crippen molar-refractivity contribution in [1.82, 2.24) is 0 Å². The standard InChI is InChI=1S/C17H17BrN2O4/c1-10(16(21)20-14-5-3-4-6-15(14)23-2)24-17(22)12-9-11(18)7-8-13(12)19/h3-10H,19H2,1-2H3,(H,20,21)/t10-/m1/s1. The highest BCUT2D eigenvalue weighted by Crippen LogP contribution is 2.24. The van der Waals surface area contributed by atoms with Crippen LogP contribution in [0.5, 0.6) is 5.75 Å². The lowest BCUT2D eigenvalue weighted by Crippen LogP contribution is -2.30. The Hall–Kier alpha value is -2.54. The zero-order chi connectivity index (χ0) is 17.7. The van der Waals surface area contributed by atoms with Crippen LogP contribution in [-0.4, -0.2) is 25.1 Å². The minimum atomic E-state index is -0.999. The number of nitrogens with one attached hydrogen (secondary N) is 1. The van der Waals surface area contributed by atoms with Crippen LogP contribution in [0.25, 0.3) is 0 Å². The number of carbonyl (C=O) groups excluding carboxylic acids is 2.